The van der Waals surface area contributed by atoms with Crippen molar-refractivity contribution in [2.24, 2.45) is 16.3 Å². The summed E-state index contributed by atoms with van der Waals surface area (Å²) in [4.78, 5) is 8.71. The number of aromatic nitrogens is 1. The summed E-state index contributed by atoms with van der Waals surface area (Å²) in [6, 6.07) is 4.00. The Morgan fingerprint density at radius 3 is 2.86 bits per heavy atom. The average molecular weight is 405 g/mol. The summed E-state index contributed by atoms with van der Waals surface area (Å²) in [7, 11) is 1.77. The van der Waals surface area contributed by atoms with E-state index in [2.05, 4.69) is 27.5 Å². The van der Waals surface area contributed by atoms with Gasteiger partial charge in [-0.2, -0.15) is 0 Å². The lowest BCUT2D eigenvalue weighted by molar-refractivity contribution is 0.127. The van der Waals surface area contributed by atoms with Gasteiger partial charge in [-0.15, -0.1) is 0 Å². The quantitative estimate of drug-likeness (QED) is 0.456. The zero-order valence-corrected chi connectivity index (χ0v) is 17.8. The van der Waals surface area contributed by atoms with E-state index in [0.717, 1.165) is 56.3 Å². The van der Waals surface area contributed by atoms with Crippen LogP contribution in [0.4, 0.5) is 0 Å². The van der Waals surface area contributed by atoms with Gasteiger partial charge >= 0.3 is 0 Å². The molecule has 1 aromatic heterocycles. The summed E-state index contributed by atoms with van der Waals surface area (Å²) < 4.78 is 11.7. The van der Waals surface area contributed by atoms with Crippen LogP contribution in [0.3, 0.4) is 0 Å². The van der Waals surface area contributed by atoms with Gasteiger partial charge in [0.2, 0.25) is 5.88 Å². The van der Waals surface area contributed by atoms with Crippen molar-refractivity contribution in [3.8, 4) is 5.88 Å². The molecule has 1 atom stereocenters. The van der Waals surface area contributed by atoms with Crippen LogP contribution < -0.4 is 15.4 Å². The number of aliphatic hydroxyl groups is 1. The number of guanidine groups is 1. The molecule has 0 amide bonds. The van der Waals surface area contributed by atoms with Crippen molar-refractivity contribution in [3.05, 3.63) is 23.9 Å². The van der Waals surface area contributed by atoms with E-state index in [4.69, 9.17) is 9.47 Å². The molecule has 29 heavy (non-hydrogen) atoms. The van der Waals surface area contributed by atoms with Crippen molar-refractivity contribution >= 4 is 5.96 Å². The minimum atomic E-state index is -0.0124. The molecule has 7 nitrogen and oxygen atoms in total. The van der Waals surface area contributed by atoms with Crippen molar-refractivity contribution in [1.29, 1.82) is 0 Å². The predicted molar refractivity (Wildman–Crippen MR) is 114 cm³/mol. The number of pyridine rings is 1. The lowest BCUT2D eigenvalue weighted by Crippen LogP contribution is -2.44. The van der Waals surface area contributed by atoms with Crippen LogP contribution in [-0.4, -0.2) is 55.6 Å². The van der Waals surface area contributed by atoms with Crippen molar-refractivity contribution in [1.82, 2.24) is 15.6 Å². The monoisotopic (exact) mass is 404 g/mol. The third-order valence-corrected chi connectivity index (χ3v) is 6.19. The largest absolute Gasteiger partial charge is 0.474 e. The second kappa shape index (κ2) is 10.8. The minimum Gasteiger partial charge on any atom is -0.474 e. The van der Waals surface area contributed by atoms with Crippen LogP contribution in [0.25, 0.3) is 0 Å². The SMILES string of the molecule is CN=C(NCc1ccnc(OC2CCC(C)CC2)c1)NCC1(CCO)CCOC1. The van der Waals surface area contributed by atoms with Gasteiger partial charge in [0.1, 0.15) is 6.10 Å². The highest BCUT2D eigenvalue weighted by molar-refractivity contribution is 5.79. The maximum absolute atomic E-state index is 9.38. The number of hydrogen-bond acceptors (Lipinski definition) is 5. The minimum absolute atomic E-state index is 0.0124. The molecule has 3 N–H and O–H groups in total. The fourth-order valence-electron chi connectivity index (χ4n) is 4.13. The van der Waals surface area contributed by atoms with E-state index in [1.807, 2.05) is 12.1 Å². The number of nitrogens with zero attached hydrogens (tertiary/aromatic N) is 2. The van der Waals surface area contributed by atoms with Crippen LogP contribution in [0.15, 0.2) is 23.3 Å². The van der Waals surface area contributed by atoms with E-state index in [1.165, 1.54) is 12.8 Å². The van der Waals surface area contributed by atoms with Gasteiger partial charge in [0.15, 0.2) is 5.96 Å². The van der Waals surface area contributed by atoms with Crippen molar-refractivity contribution in [2.75, 3.05) is 33.4 Å². The maximum Gasteiger partial charge on any atom is 0.213 e. The normalized spacial score (nSPS) is 27.6. The van der Waals surface area contributed by atoms with E-state index in [9.17, 15) is 5.11 Å². The zero-order chi connectivity index (χ0) is 20.5. The van der Waals surface area contributed by atoms with E-state index in [-0.39, 0.29) is 18.1 Å². The average Bonchev–Trinajstić information content (AvgIpc) is 3.19. The van der Waals surface area contributed by atoms with Gasteiger partial charge in [0.05, 0.1) is 6.61 Å². The molecule has 0 bridgehead atoms. The van der Waals surface area contributed by atoms with Crippen molar-refractivity contribution in [2.45, 2.75) is 58.1 Å². The molecule has 1 aliphatic heterocycles. The third kappa shape index (κ3) is 6.57. The Bertz CT molecular complexity index is 653. The lowest BCUT2D eigenvalue weighted by atomic mass is 9.84. The number of rotatable bonds is 8. The molecule has 1 aromatic rings. The molecule has 3 rings (SSSR count). The Labute approximate surface area is 174 Å². The highest BCUT2D eigenvalue weighted by Gasteiger charge is 2.34. The summed E-state index contributed by atoms with van der Waals surface area (Å²) in [5, 5.41) is 16.1. The smallest absolute Gasteiger partial charge is 0.213 e. The van der Waals surface area contributed by atoms with Crippen LogP contribution in [0.2, 0.25) is 0 Å². The lowest BCUT2D eigenvalue weighted by Gasteiger charge is -2.27. The number of nitrogens with one attached hydrogen (secondary N) is 2. The highest BCUT2D eigenvalue weighted by Crippen LogP contribution is 2.31. The van der Waals surface area contributed by atoms with Gasteiger partial charge in [0, 0.05) is 51.0 Å². The van der Waals surface area contributed by atoms with Crippen LogP contribution in [-0.2, 0) is 11.3 Å². The second-order valence-electron chi connectivity index (χ2n) is 8.56. The summed E-state index contributed by atoms with van der Waals surface area (Å²) >= 11 is 0. The Hall–Kier alpha value is -1.86. The van der Waals surface area contributed by atoms with Crippen LogP contribution in [0, 0.1) is 11.3 Å². The van der Waals surface area contributed by atoms with Gasteiger partial charge in [-0.05, 0) is 56.1 Å². The molecular weight excluding hydrogens is 368 g/mol. The molecule has 0 spiro atoms. The Kier molecular flexibility index (Phi) is 8.12. The first-order valence-corrected chi connectivity index (χ1v) is 10.9. The van der Waals surface area contributed by atoms with Gasteiger partial charge in [-0.3, -0.25) is 4.99 Å². The molecule has 0 aromatic carbocycles. The molecular formula is C22H36N4O3. The predicted octanol–water partition coefficient (Wildman–Crippen LogP) is 2.49. The van der Waals surface area contributed by atoms with Gasteiger partial charge in [-0.1, -0.05) is 6.92 Å². The molecule has 162 valence electrons. The first-order valence-electron chi connectivity index (χ1n) is 10.9. The zero-order valence-electron chi connectivity index (χ0n) is 17.8. The fraction of sp³-hybridized carbons (Fsp3) is 0.727. The Balaban J connectivity index is 1.48. The Morgan fingerprint density at radius 2 is 2.17 bits per heavy atom. The first kappa shape index (κ1) is 21.8. The number of ether oxygens (including phenoxy) is 2. The van der Waals surface area contributed by atoms with Crippen LogP contribution >= 0.6 is 0 Å². The molecule has 1 saturated carbocycles. The Morgan fingerprint density at radius 1 is 1.34 bits per heavy atom. The number of aliphatic imine (C=N–C) groups is 1. The summed E-state index contributed by atoms with van der Waals surface area (Å²) in [5.74, 6) is 2.26. The van der Waals surface area contributed by atoms with Crippen LogP contribution in [0.1, 0.15) is 51.0 Å². The summed E-state index contributed by atoms with van der Waals surface area (Å²) in [5.41, 5.74) is 1.10. The molecule has 1 saturated heterocycles. The van der Waals surface area contributed by atoms with E-state index in [1.54, 1.807) is 13.2 Å². The van der Waals surface area contributed by atoms with E-state index < -0.39 is 0 Å². The molecule has 2 aliphatic rings. The van der Waals surface area contributed by atoms with Crippen LogP contribution in [0.5, 0.6) is 5.88 Å². The number of hydrogen-bond donors (Lipinski definition) is 3. The molecule has 0 radical (unpaired) electrons. The fourth-order valence-corrected chi connectivity index (χ4v) is 4.13. The van der Waals surface area contributed by atoms with Gasteiger partial charge in [-0.25, -0.2) is 4.98 Å². The first-order chi connectivity index (χ1) is 14.1. The van der Waals surface area contributed by atoms with Crippen molar-refractivity contribution < 1.29 is 14.6 Å². The highest BCUT2D eigenvalue weighted by atomic mass is 16.5. The van der Waals surface area contributed by atoms with E-state index >= 15 is 0 Å². The molecule has 1 aliphatic carbocycles. The molecule has 7 heteroatoms. The molecule has 2 fully saturated rings. The summed E-state index contributed by atoms with van der Waals surface area (Å²) in [6.45, 7) is 5.31. The molecule has 2 heterocycles. The van der Waals surface area contributed by atoms with Crippen molar-refractivity contribution in [3.63, 3.8) is 0 Å². The molecule has 1 unspecified atom stereocenters. The van der Waals surface area contributed by atoms with E-state index in [0.29, 0.717) is 19.0 Å². The third-order valence-electron chi connectivity index (χ3n) is 6.19. The standard InChI is InChI=1S/C22H36N4O3/c1-17-3-5-19(6-4-17)29-20-13-18(7-10-24-20)14-25-21(23-2)26-15-22(8-11-27)9-12-28-16-22/h7,10,13,17,19,27H,3-6,8-9,11-12,14-16H2,1-2H3,(H2,23,25,26). The van der Waals surface area contributed by atoms with Gasteiger partial charge in [0.25, 0.3) is 0 Å². The maximum atomic E-state index is 9.38. The summed E-state index contributed by atoms with van der Waals surface area (Å²) in [6.07, 6.45) is 8.48. The number of aliphatic hydroxyl groups excluding tert-OH is 1. The topological polar surface area (TPSA) is 88.0 Å². The van der Waals surface area contributed by atoms with Gasteiger partial charge < -0.3 is 25.2 Å². The second-order valence-corrected chi connectivity index (χ2v) is 8.56.